The lowest BCUT2D eigenvalue weighted by Crippen LogP contribution is -2.28. The van der Waals surface area contributed by atoms with Crippen molar-refractivity contribution >= 4 is 6.09 Å². The molecule has 4 nitrogen and oxygen atoms in total. The van der Waals surface area contributed by atoms with E-state index < -0.39 is 53.5 Å². The number of alkyl halides is 6. The van der Waals surface area contributed by atoms with Gasteiger partial charge in [-0.2, -0.15) is 26.3 Å². The number of likely N-dealkylation sites (tertiary alicyclic amines) is 1. The number of halogens is 7. The highest BCUT2D eigenvalue weighted by atomic mass is 19.4. The van der Waals surface area contributed by atoms with E-state index >= 15 is 0 Å². The normalized spacial score (nSPS) is 20.4. The van der Waals surface area contributed by atoms with Crippen molar-refractivity contribution in [2.75, 3.05) is 13.1 Å². The fourth-order valence-electron chi connectivity index (χ4n) is 3.65. The lowest BCUT2D eigenvalue weighted by atomic mass is 9.95. The van der Waals surface area contributed by atoms with Crippen LogP contribution in [-0.4, -0.2) is 35.3 Å². The third kappa shape index (κ3) is 5.32. The molecule has 1 amide bonds. The van der Waals surface area contributed by atoms with Crippen molar-refractivity contribution in [3.8, 4) is 0 Å². The summed E-state index contributed by atoms with van der Waals surface area (Å²) < 4.78 is 97.9. The zero-order chi connectivity index (χ0) is 23.8. The molecule has 1 saturated heterocycles. The molecule has 0 aliphatic carbocycles. The number of hydrogen-bond acceptors (Lipinski definition) is 2. The fraction of sp³-hybridized carbons (Fsp3) is 0.381. The average Bonchev–Trinajstić information content (AvgIpc) is 3.11. The summed E-state index contributed by atoms with van der Waals surface area (Å²) in [6, 6.07) is 6.38. The predicted molar refractivity (Wildman–Crippen MR) is 98.5 cm³/mol. The zero-order valence-electron chi connectivity index (χ0n) is 16.5. The third-order valence-corrected chi connectivity index (χ3v) is 5.29. The first kappa shape index (κ1) is 23.8. The van der Waals surface area contributed by atoms with E-state index in [0.29, 0.717) is 17.7 Å². The van der Waals surface area contributed by atoms with E-state index in [0.717, 1.165) is 4.90 Å². The van der Waals surface area contributed by atoms with Gasteiger partial charge in [0.25, 0.3) is 0 Å². The molecule has 32 heavy (non-hydrogen) atoms. The SMILES string of the molecule is C[C@@H](O[C@H]1CN(C(=O)O)C[C@@H]1c1ccc(F)cc1)c1cc(C(F)(F)F)cc(C(F)(F)F)c1. The van der Waals surface area contributed by atoms with Gasteiger partial charge in [-0.25, -0.2) is 9.18 Å². The van der Waals surface area contributed by atoms with Gasteiger partial charge in [-0.3, -0.25) is 0 Å². The van der Waals surface area contributed by atoms with Gasteiger partial charge in [0.1, 0.15) is 5.82 Å². The lowest BCUT2D eigenvalue weighted by Gasteiger charge is -2.25. The molecule has 1 heterocycles. The standard InChI is InChI=1S/C21H18F7NO3/c1-11(13-6-14(20(23,24)25)8-15(7-13)21(26,27)28)32-18-10-29(19(30)31)9-17(18)12-2-4-16(22)5-3-12/h2-8,11,17-18H,9-10H2,1H3,(H,30,31)/t11-,17-,18+/m1/s1. The summed E-state index contributed by atoms with van der Waals surface area (Å²) in [6.07, 6.45) is -13.3. The second-order valence-corrected chi connectivity index (χ2v) is 7.50. The second-order valence-electron chi connectivity index (χ2n) is 7.50. The van der Waals surface area contributed by atoms with E-state index in [1.54, 1.807) is 0 Å². The van der Waals surface area contributed by atoms with Crippen molar-refractivity contribution in [1.29, 1.82) is 0 Å². The van der Waals surface area contributed by atoms with Gasteiger partial charge in [0, 0.05) is 12.5 Å². The molecule has 0 spiro atoms. The lowest BCUT2D eigenvalue weighted by molar-refractivity contribution is -0.143. The minimum Gasteiger partial charge on any atom is -0.465 e. The first-order chi connectivity index (χ1) is 14.8. The Labute approximate surface area is 178 Å². The molecule has 1 aliphatic heterocycles. The van der Waals surface area contributed by atoms with Gasteiger partial charge in [0.2, 0.25) is 0 Å². The first-order valence-corrected chi connectivity index (χ1v) is 9.44. The first-order valence-electron chi connectivity index (χ1n) is 9.44. The summed E-state index contributed by atoms with van der Waals surface area (Å²) in [4.78, 5) is 12.4. The van der Waals surface area contributed by atoms with Crippen molar-refractivity contribution in [3.63, 3.8) is 0 Å². The molecule has 0 radical (unpaired) electrons. The molecular weight excluding hydrogens is 447 g/mol. The number of carbonyl (C=O) groups is 1. The Morgan fingerprint density at radius 3 is 2.00 bits per heavy atom. The van der Waals surface area contributed by atoms with Gasteiger partial charge < -0.3 is 14.7 Å². The van der Waals surface area contributed by atoms with Crippen LogP contribution >= 0.6 is 0 Å². The Balaban J connectivity index is 1.92. The van der Waals surface area contributed by atoms with Gasteiger partial charge in [-0.1, -0.05) is 12.1 Å². The number of benzene rings is 2. The summed E-state index contributed by atoms with van der Waals surface area (Å²) in [6.45, 7) is 1.13. The van der Waals surface area contributed by atoms with Crippen LogP contribution in [0, 0.1) is 5.82 Å². The van der Waals surface area contributed by atoms with Crippen molar-refractivity contribution in [3.05, 3.63) is 70.5 Å². The molecule has 1 aliphatic rings. The summed E-state index contributed by atoms with van der Waals surface area (Å²) in [5.74, 6) is -1.10. The molecule has 11 heteroatoms. The van der Waals surface area contributed by atoms with Crippen LogP contribution in [0.25, 0.3) is 0 Å². The highest BCUT2D eigenvalue weighted by Crippen LogP contribution is 2.39. The van der Waals surface area contributed by atoms with E-state index in [2.05, 4.69) is 0 Å². The molecule has 2 aromatic carbocycles. The van der Waals surface area contributed by atoms with Crippen molar-refractivity contribution in [2.24, 2.45) is 0 Å². The maximum atomic E-state index is 13.3. The maximum absolute atomic E-state index is 13.3. The molecule has 0 bridgehead atoms. The van der Waals surface area contributed by atoms with Crippen LogP contribution in [0.5, 0.6) is 0 Å². The van der Waals surface area contributed by atoms with Gasteiger partial charge in [0.05, 0.1) is 29.9 Å². The smallest absolute Gasteiger partial charge is 0.416 e. The highest BCUT2D eigenvalue weighted by Gasteiger charge is 2.40. The number of nitrogens with zero attached hydrogens (tertiary/aromatic N) is 1. The number of hydrogen-bond donors (Lipinski definition) is 1. The van der Waals surface area contributed by atoms with Crippen LogP contribution < -0.4 is 0 Å². The Bertz CT molecular complexity index is 941. The zero-order valence-corrected chi connectivity index (χ0v) is 16.5. The molecule has 2 aromatic rings. The molecule has 0 aromatic heterocycles. The van der Waals surface area contributed by atoms with Crippen LogP contribution in [0.4, 0.5) is 35.5 Å². The summed E-state index contributed by atoms with van der Waals surface area (Å²) in [7, 11) is 0. The summed E-state index contributed by atoms with van der Waals surface area (Å²) >= 11 is 0. The summed E-state index contributed by atoms with van der Waals surface area (Å²) in [5, 5.41) is 9.30. The Morgan fingerprint density at radius 1 is 1.00 bits per heavy atom. The molecule has 1 fully saturated rings. The number of carboxylic acid groups (broad SMARTS) is 1. The van der Waals surface area contributed by atoms with Crippen molar-refractivity contribution in [2.45, 2.75) is 37.4 Å². The average molecular weight is 465 g/mol. The molecule has 0 unspecified atom stereocenters. The van der Waals surface area contributed by atoms with E-state index in [1.807, 2.05) is 0 Å². The Kier molecular flexibility index (Phi) is 6.41. The third-order valence-electron chi connectivity index (χ3n) is 5.29. The minimum atomic E-state index is -5.00. The Hall–Kier alpha value is -2.82. The molecule has 3 rings (SSSR count). The quantitative estimate of drug-likeness (QED) is 0.557. The van der Waals surface area contributed by atoms with E-state index in [9.17, 15) is 40.6 Å². The van der Waals surface area contributed by atoms with Gasteiger partial charge in [0.15, 0.2) is 0 Å². The largest absolute Gasteiger partial charge is 0.465 e. The molecule has 0 saturated carbocycles. The fourth-order valence-corrected chi connectivity index (χ4v) is 3.65. The highest BCUT2D eigenvalue weighted by molar-refractivity contribution is 5.65. The van der Waals surface area contributed by atoms with Gasteiger partial charge >= 0.3 is 18.4 Å². The van der Waals surface area contributed by atoms with E-state index in [-0.39, 0.29) is 24.7 Å². The minimum absolute atomic E-state index is 0.0191. The van der Waals surface area contributed by atoms with E-state index in [1.165, 1.54) is 31.2 Å². The van der Waals surface area contributed by atoms with Crippen LogP contribution in [0.3, 0.4) is 0 Å². The van der Waals surface area contributed by atoms with Crippen molar-refractivity contribution in [1.82, 2.24) is 4.90 Å². The van der Waals surface area contributed by atoms with E-state index in [4.69, 9.17) is 4.74 Å². The maximum Gasteiger partial charge on any atom is 0.416 e. The van der Waals surface area contributed by atoms with Gasteiger partial charge in [-0.15, -0.1) is 0 Å². The second kappa shape index (κ2) is 8.61. The van der Waals surface area contributed by atoms with Crippen molar-refractivity contribution < 1.29 is 45.4 Å². The van der Waals surface area contributed by atoms with Crippen LogP contribution in [0.1, 0.15) is 41.2 Å². The topological polar surface area (TPSA) is 49.8 Å². The number of ether oxygens (including phenoxy) is 1. The van der Waals surface area contributed by atoms with Crippen LogP contribution in [-0.2, 0) is 17.1 Å². The number of rotatable bonds is 4. The predicted octanol–water partition coefficient (Wildman–Crippen LogP) is 6.09. The van der Waals surface area contributed by atoms with Gasteiger partial charge in [-0.05, 0) is 48.4 Å². The Morgan fingerprint density at radius 2 is 1.53 bits per heavy atom. The van der Waals surface area contributed by atoms with Crippen LogP contribution in [0.2, 0.25) is 0 Å². The molecule has 1 N–H and O–H groups in total. The number of amides is 1. The van der Waals surface area contributed by atoms with Crippen LogP contribution in [0.15, 0.2) is 42.5 Å². The molecular formula is C21H18F7NO3. The monoisotopic (exact) mass is 465 g/mol. The molecule has 174 valence electrons. The molecule has 3 atom stereocenters. The summed E-state index contributed by atoms with van der Waals surface area (Å²) in [5.41, 5.74) is -2.75.